The topological polar surface area (TPSA) is 46.1 Å². The number of nitrogens with zero attached hydrogens (tertiary/aromatic N) is 3. The van der Waals surface area contributed by atoms with E-state index in [9.17, 15) is 4.79 Å². The molecule has 4 nitrogen and oxygen atoms in total. The van der Waals surface area contributed by atoms with Crippen LogP contribution < -0.4 is 4.90 Å². The number of fused-ring (bicyclic) bond motifs is 1. The van der Waals surface area contributed by atoms with Crippen molar-refractivity contribution in [3.05, 3.63) is 58.9 Å². The van der Waals surface area contributed by atoms with Crippen LogP contribution in [0, 0.1) is 18.8 Å². The van der Waals surface area contributed by atoms with Crippen molar-refractivity contribution in [2.75, 3.05) is 18.0 Å². The van der Waals surface area contributed by atoms with Gasteiger partial charge in [0, 0.05) is 19.5 Å². The molecule has 1 aliphatic heterocycles. The predicted molar refractivity (Wildman–Crippen MR) is 109 cm³/mol. The highest BCUT2D eigenvalue weighted by Gasteiger charge is 2.29. The van der Waals surface area contributed by atoms with Crippen molar-refractivity contribution in [3.63, 3.8) is 0 Å². The smallest absolute Gasteiger partial charge is 0.225 e. The minimum absolute atomic E-state index is 0.176. The van der Waals surface area contributed by atoms with Crippen LogP contribution in [0.15, 0.2) is 36.4 Å². The molecule has 0 amide bonds. The van der Waals surface area contributed by atoms with Crippen LogP contribution in [0.1, 0.15) is 53.5 Å². The van der Waals surface area contributed by atoms with E-state index in [-0.39, 0.29) is 11.7 Å². The summed E-state index contributed by atoms with van der Waals surface area (Å²) in [4.78, 5) is 24.6. The van der Waals surface area contributed by atoms with E-state index < -0.39 is 0 Å². The number of hydrogen-bond acceptors (Lipinski definition) is 4. The third-order valence-electron chi connectivity index (χ3n) is 5.64. The molecule has 4 rings (SSSR count). The highest BCUT2D eigenvalue weighted by molar-refractivity contribution is 5.99. The minimum Gasteiger partial charge on any atom is -0.341 e. The van der Waals surface area contributed by atoms with Gasteiger partial charge in [0.25, 0.3) is 0 Å². The van der Waals surface area contributed by atoms with E-state index in [1.807, 2.05) is 25.1 Å². The number of hydrogen-bond donors (Lipinski definition) is 0. The quantitative estimate of drug-likeness (QED) is 0.809. The fourth-order valence-corrected chi connectivity index (χ4v) is 4.25. The standard InChI is InChI=1S/C23H27N3O/c1-16-7-6-12-26(15-16)23-24-17(2)22-20(25-23)13-19(14-21(22)27)11-10-18-8-4-3-5-9-18/h3-5,8-11,16,19H,6-7,12-15H2,1-2H3. The van der Waals surface area contributed by atoms with Crippen LogP contribution in [0.25, 0.3) is 6.08 Å². The number of aromatic nitrogens is 2. The van der Waals surface area contributed by atoms with Crippen molar-refractivity contribution in [1.82, 2.24) is 9.97 Å². The molecule has 0 radical (unpaired) electrons. The summed E-state index contributed by atoms with van der Waals surface area (Å²) in [6.07, 6.45) is 8.08. The lowest BCUT2D eigenvalue weighted by Crippen LogP contribution is -2.36. The third-order valence-corrected chi connectivity index (χ3v) is 5.64. The molecule has 2 unspecified atom stereocenters. The van der Waals surface area contributed by atoms with Crippen molar-refractivity contribution in [2.45, 2.75) is 39.5 Å². The van der Waals surface area contributed by atoms with Crippen LogP contribution >= 0.6 is 0 Å². The Balaban J connectivity index is 1.58. The molecule has 1 fully saturated rings. The summed E-state index contributed by atoms with van der Waals surface area (Å²) in [6.45, 7) is 6.25. The molecule has 2 aromatic rings. The van der Waals surface area contributed by atoms with Crippen molar-refractivity contribution in [2.24, 2.45) is 11.8 Å². The molecule has 27 heavy (non-hydrogen) atoms. The van der Waals surface area contributed by atoms with Crippen molar-refractivity contribution >= 4 is 17.8 Å². The maximum Gasteiger partial charge on any atom is 0.225 e. The molecule has 0 saturated carbocycles. The van der Waals surface area contributed by atoms with Crippen molar-refractivity contribution < 1.29 is 4.79 Å². The Morgan fingerprint density at radius 3 is 2.74 bits per heavy atom. The number of allylic oxidation sites excluding steroid dienone is 1. The first-order valence-corrected chi connectivity index (χ1v) is 9.99. The van der Waals surface area contributed by atoms with Crippen LogP contribution in [0.2, 0.25) is 0 Å². The normalized spacial score (nSPS) is 22.9. The molecule has 1 aromatic heterocycles. The van der Waals surface area contributed by atoms with Crippen LogP contribution in [0.4, 0.5) is 5.95 Å². The molecule has 4 heteroatoms. The maximum atomic E-state index is 12.7. The van der Waals surface area contributed by atoms with E-state index in [2.05, 4.69) is 41.1 Å². The average Bonchev–Trinajstić information content (AvgIpc) is 2.66. The first-order valence-electron chi connectivity index (χ1n) is 9.99. The number of anilines is 1. The molecule has 1 aromatic carbocycles. The highest BCUT2D eigenvalue weighted by Crippen LogP contribution is 2.30. The fourth-order valence-electron chi connectivity index (χ4n) is 4.25. The number of benzene rings is 1. The van der Waals surface area contributed by atoms with Gasteiger partial charge >= 0.3 is 0 Å². The van der Waals surface area contributed by atoms with E-state index >= 15 is 0 Å². The summed E-state index contributed by atoms with van der Waals surface area (Å²) in [7, 11) is 0. The molecule has 140 valence electrons. The number of carbonyl (C=O) groups is 1. The first kappa shape index (κ1) is 17.9. The van der Waals surface area contributed by atoms with Crippen LogP contribution in [0.5, 0.6) is 0 Å². The van der Waals surface area contributed by atoms with E-state index in [1.165, 1.54) is 12.8 Å². The molecular weight excluding hydrogens is 334 g/mol. The highest BCUT2D eigenvalue weighted by atomic mass is 16.1. The number of aryl methyl sites for hydroxylation is 1. The summed E-state index contributed by atoms with van der Waals surface area (Å²) >= 11 is 0. The maximum absolute atomic E-state index is 12.7. The Morgan fingerprint density at radius 1 is 1.15 bits per heavy atom. The number of rotatable bonds is 3. The number of Topliss-reactive ketones (excluding diaryl/α,β-unsaturated/α-hetero) is 1. The monoisotopic (exact) mass is 361 g/mol. The Kier molecular flexibility index (Phi) is 5.06. The zero-order valence-corrected chi connectivity index (χ0v) is 16.2. The Labute approximate surface area is 161 Å². The van der Waals surface area contributed by atoms with E-state index in [0.717, 1.165) is 48.0 Å². The number of piperidine rings is 1. The first-order chi connectivity index (χ1) is 13.1. The summed E-state index contributed by atoms with van der Waals surface area (Å²) in [6, 6.07) is 10.2. The summed E-state index contributed by atoms with van der Waals surface area (Å²) < 4.78 is 0. The molecule has 2 aliphatic rings. The predicted octanol–water partition coefficient (Wildman–Crippen LogP) is 4.48. The zero-order chi connectivity index (χ0) is 18.8. The second-order valence-electron chi connectivity index (χ2n) is 7.99. The van der Waals surface area contributed by atoms with E-state index in [0.29, 0.717) is 12.3 Å². The number of ketones is 1. The van der Waals surface area contributed by atoms with Gasteiger partial charge in [0.1, 0.15) is 0 Å². The zero-order valence-electron chi connectivity index (χ0n) is 16.2. The van der Waals surface area contributed by atoms with Crippen LogP contribution in [-0.2, 0) is 6.42 Å². The molecule has 0 spiro atoms. The fraction of sp³-hybridized carbons (Fsp3) is 0.435. The Morgan fingerprint density at radius 2 is 1.96 bits per heavy atom. The van der Waals surface area contributed by atoms with Gasteiger partial charge in [-0.2, -0.15) is 0 Å². The second-order valence-corrected chi connectivity index (χ2v) is 7.99. The average molecular weight is 361 g/mol. The second kappa shape index (κ2) is 7.63. The Hall–Kier alpha value is -2.49. The molecule has 2 atom stereocenters. The summed E-state index contributed by atoms with van der Waals surface area (Å²) in [5, 5.41) is 0. The van der Waals surface area contributed by atoms with Gasteiger partial charge in [-0.25, -0.2) is 9.97 Å². The third kappa shape index (κ3) is 3.95. The van der Waals surface area contributed by atoms with Crippen LogP contribution in [-0.4, -0.2) is 28.8 Å². The Bertz CT molecular complexity index is 859. The van der Waals surface area contributed by atoms with E-state index in [4.69, 9.17) is 4.98 Å². The van der Waals surface area contributed by atoms with Gasteiger partial charge in [-0.15, -0.1) is 0 Å². The number of carbonyl (C=O) groups excluding carboxylic acids is 1. The van der Waals surface area contributed by atoms with Gasteiger partial charge in [-0.1, -0.05) is 49.4 Å². The lowest BCUT2D eigenvalue weighted by atomic mass is 9.85. The van der Waals surface area contributed by atoms with Gasteiger partial charge in [0.2, 0.25) is 5.95 Å². The molecule has 1 saturated heterocycles. The molecule has 1 aliphatic carbocycles. The van der Waals surface area contributed by atoms with Gasteiger partial charge < -0.3 is 4.90 Å². The van der Waals surface area contributed by atoms with E-state index in [1.54, 1.807) is 0 Å². The van der Waals surface area contributed by atoms with Crippen molar-refractivity contribution in [1.29, 1.82) is 0 Å². The molecule has 0 N–H and O–H groups in total. The largest absolute Gasteiger partial charge is 0.341 e. The van der Waals surface area contributed by atoms with Crippen molar-refractivity contribution in [3.8, 4) is 0 Å². The van der Waals surface area contributed by atoms with Gasteiger partial charge in [-0.3, -0.25) is 4.79 Å². The van der Waals surface area contributed by atoms with Gasteiger partial charge in [0.05, 0.1) is 17.0 Å². The molecule has 0 bridgehead atoms. The lowest BCUT2D eigenvalue weighted by molar-refractivity contribution is 0.0956. The molecule has 2 heterocycles. The minimum atomic E-state index is 0.176. The lowest BCUT2D eigenvalue weighted by Gasteiger charge is -2.32. The van der Waals surface area contributed by atoms with Gasteiger partial charge in [0.15, 0.2) is 5.78 Å². The SMILES string of the molecule is Cc1nc(N2CCCC(C)C2)nc2c1C(=O)CC(C=Cc1ccccc1)C2. The summed E-state index contributed by atoms with van der Waals surface area (Å²) in [5.41, 5.74) is 3.68. The van der Waals surface area contributed by atoms with Gasteiger partial charge in [-0.05, 0) is 43.6 Å². The summed E-state index contributed by atoms with van der Waals surface area (Å²) in [5.74, 6) is 1.85. The van der Waals surface area contributed by atoms with Crippen LogP contribution in [0.3, 0.4) is 0 Å². The molecular formula is C23H27N3O.